The third kappa shape index (κ3) is 4.21. The van der Waals surface area contributed by atoms with Crippen LogP contribution in [0.3, 0.4) is 0 Å². The van der Waals surface area contributed by atoms with Crippen LogP contribution < -0.4 is 10.1 Å². The molecule has 0 radical (unpaired) electrons. The molecule has 0 atom stereocenters. The zero-order chi connectivity index (χ0) is 18.5. The second kappa shape index (κ2) is 7.73. The number of amides is 1. The number of hydrogen-bond donors (Lipinski definition) is 1. The molecule has 0 aliphatic rings. The van der Waals surface area contributed by atoms with Crippen LogP contribution in [0, 0.1) is 0 Å². The van der Waals surface area contributed by atoms with Gasteiger partial charge in [0.2, 0.25) is 5.82 Å². The van der Waals surface area contributed by atoms with Crippen molar-refractivity contribution < 1.29 is 18.3 Å². The maximum absolute atomic E-state index is 12.2. The van der Waals surface area contributed by atoms with Gasteiger partial charge in [0.15, 0.2) is 0 Å². The highest BCUT2D eigenvalue weighted by Gasteiger charge is 2.13. The third-order valence-corrected chi connectivity index (χ3v) is 3.64. The van der Waals surface area contributed by atoms with Gasteiger partial charge in [0.25, 0.3) is 5.91 Å². The van der Waals surface area contributed by atoms with Crippen molar-refractivity contribution in [2.45, 2.75) is 20.0 Å². The highest BCUT2D eigenvalue weighted by atomic mass is 19.3. The third-order valence-electron chi connectivity index (χ3n) is 3.64. The lowest BCUT2D eigenvalue weighted by molar-refractivity contribution is -0.0498. The summed E-state index contributed by atoms with van der Waals surface area (Å²) in [6.07, 6.45) is 2.29. The molecule has 3 aromatic rings. The van der Waals surface area contributed by atoms with Crippen molar-refractivity contribution >= 4 is 11.6 Å². The molecule has 2 aromatic carbocycles. The van der Waals surface area contributed by atoms with E-state index >= 15 is 0 Å². The number of ether oxygens (including phenoxy) is 1. The molecule has 26 heavy (non-hydrogen) atoms. The van der Waals surface area contributed by atoms with Crippen molar-refractivity contribution in [2.75, 3.05) is 5.32 Å². The van der Waals surface area contributed by atoms with E-state index in [1.807, 2.05) is 24.3 Å². The van der Waals surface area contributed by atoms with E-state index < -0.39 is 12.5 Å². The lowest BCUT2D eigenvalue weighted by atomic mass is 10.1. The van der Waals surface area contributed by atoms with Gasteiger partial charge in [-0.2, -0.15) is 8.78 Å². The average Bonchev–Trinajstić information content (AvgIpc) is 3.13. The molecule has 6 nitrogen and oxygen atoms in total. The summed E-state index contributed by atoms with van der Waals surface area (Å²) < 4.78 is 30.0. The standard InChI is InChI=1S/C18H16F2N4O2/c1-2-12-3-5-13(6-4-12)22-17(25)16-21-11-24(23-16)14-7-9-15(10-8-14)26-18(19)20/h3-11,18H,2H2,1H3,(H,22,25). The van der Waals surface area contributed by atoms with Crippen molar-refractivity contribution in [3.8, 4) is 11.4 Å². The number of benzene rings is 2. The Kier molecular flexibility index (Phi) is 5.21. The van der Waals surface area contributed by atoms with Gasteiger partial charge in [0.1, 0.15) is 12.1 Å². The first-order valence-electron chi connectivity index (χ1n) is 7.92. The molecular weight excluding hydrogens is 342 g/mol. The predicted molar refractivity (Wildman–Crippen MR) is 91.8 cm³/mol. The maximum Gasteiger partial charge on any atom is 0.387 e. The lowest BCUT2D eigenvalue weighted by Gasteiger charge is -2.05. The Morgan fingerprint density at radius 2 is 1.85 bits per heavy atom. The summed E-state index contributed by atoms with van der Waals surface area (Å²) in [6, 6.07) is 13.4. The second-order valence-electron chi connectivity index (χ2n) is 5.39. The van der Waals surface area contributed by atoms with Gasteiger partial charge >= 0.3 is 6.61 Å². The molecule has 1 aromatic heterocycles. The van der Waals surface area contributed by atoms with Crippen molar-refractivity contribution in [1.82, 2.24) is 14.8 Å². The zero-order valence-corrected chi connectivity index (χ0v) is 13.9. The molecule has 0 aliphatic heterocycles. The van der Waals surface area contributed by atoms with Crippen molar-refractivity contribution in [3.63, 3.8) is 0 Å². The number of anilines is 1. The predicted octanol–water partition coefficient (Wildman–Crippen LogP) is 3.68. The Morgan fingerprint density at radius 3 is 2.46 bits per heavy atom. The van der Waals surface area contributed by atoms with Gasteiger partial charge in [0.05, 0.1) is 5.69 Å². The topological polar surface area (TPSA) is 69.0 Å². The summed E-state index contributed by atoms with van der Waals surface area (Å²) in [5.41, 5.74) is 2.38. The van der Waals surface area contributed by atoms with E-state index in [0.29, 0.717) is 11.4 Å². The number of carbonyl (C=O) groups is 1. The van der Waals surface area contributed by atoms with Crippen LogP contribution >= 0.6 is 0 Å². The first kappa shape index (κ1) is 17.5. The maximum atomic E-state index is 12.2. The molecule has 0 saturated heterocycles. The molecule has 1 N–H and O–H groups in total. The smallest absolute Gasteiger partial charge is 0.387 e. The zero-order valence-electron chi connectivity index (χ0n) is 13.9. The molecule has 0 bridgehead atoms. The monoisotopic (exact) mass is 358 g/mol. The van der Waals surface area contributed by atoms with E-state index in [1.165, 1.54) is 40.8 Å². The highest BCUT2D eigenvalue weighted by molar-refractivity contribution is 6.01. The van der Waals surface area contributed by atoms with E-state index in [2.05, 4.69) is 27.1 Å². The van der Waals surface area contributed by atoms with Crippen molar-refractivity contribution in [3.05, 3.63) is 66.2 Å². The van der Waals surface area contributed by atoms with Gasteiger partial charge < -0.3 is 10.1 Å². The fourth-order valence-corrected chi connectivity index (χ4v) is 2.28. The molecule has 0 aliphatic carbocycles. The largest absolute Gasteiger partial charge is 0.435 e. The van der Waals surface area contributed by atoms with Gasteiger partial charge in [-0.25, -0.2) is 9.67 Å². The van der Waals surface area contributed by atoms with Crippen LogP contribution in [0.1, 0.15) is 23.1 Å². The Bertz CT molecular complexity index is 877. The fourth-order valence-electron chi connectivity index (χ4n) is 2.28. The van der Waals surface area contributed by atoms with Crippen LogP contribution in [0.2, 0.25) is 0 Å². The summed E-state index contributed by atoms with van der Waals surface area (Å²) in [6.45, 7) is -0.829. The van der Waals surface area contributed by atoms with E-state index in [0.717, 1.165) is 6.42 Å². The molecular formula is C18H16F2N4O2. The first-order valence-corrected chi connectivity index (χ1v) is 7.92. The Morgan fingerprint density at radius 1 is 1.15 bits per heavy atom. The van der Waals surface area contributed by atoms with Crippen molar-refractivity contribution in [2.24, 2.45) is 0 Å². The molecule has 134 valence electrons. The minimum atomic E-state index is -2.88. The molecule has 3 rings (SSSR count). The summed E-state index contributed by atoms with van der Waals surface area (Å²) in [5, 5.41) is 6.83. The van der Waals surface area contributed by atoms with Gasteiger partial charge in [-0.15, -0.1) is 5.10 Å². The van der Waals surface area contributed by atoms with Crippen LogP contribution in [0.4, 0.5) is 14.5 Å². The summed E-state index contributed by atoms with van der Waals surface area (Å²) in [4.78, 5) is 16.2. The average molecular weight is 358 g/mol. The molecule has 1 amide bonds. The number of nitrogens with one attached hydrogen (secondary N) is 1. The van der Waals surface area contributed by atoms with E-state index in [-0.39, 0.29) is 11.6 Å². The number of rotatable bonds is 6. The van der Waals surface area contributed by atoms with Crippen LogP contribution in [-0.2, 0) is 6.42 Å². The number of carbonyl (C=O) groups excluding carboxylic acids is 1. The van der Waals surface area contributed by atoms with Gasteiger partial charge in [-0.05, 0) is 48.4 Å². The van der Waals surface area contributed by atoms with Crippen LogP contribution in [0.15, 0.2) is 54.9 Å². The number of halogens is 2. The van der Waals surface area contributed by atoms with Crippen LogP contribution in [-0.4, -0.2) is 27.3 Å². The van der Waals surface area contributed by atoms with E-state index in [4.69, 9.17) is 0 Å². The molecule has 0 saturated carbocycles. The Balaban J connectivity index is 1.69. The van der Waals surface area contributed by atoms with Crippen molar-refractivity contribution in [1.29, 1.82) is 0 Å². The summed E-state index contributed by atoms with van der Waals surface area (Å²) in [7, 11) is 0. The highest BCUT2D eigenvalue weighted by Crippen LogP contribution is 2.17. The van der Waals surface area contributed by atoms with E-state index in [1.54, 1.807) is 0 Å². The number of nitrogens with zero attached hydrogens (tertiary/aromatic N) is 3. The van der Waals surface area contributed by atoms with E-state index in [9.17, 15) is 13.6 Å². The molecule has 0 spiro atoms. The summed E-state index contributed by atoms with van der Waals surface area (Å²) >= 11 is 0. The number of aromatic nitrogens is 3. The Hall–Kier alpha value is -3.29. The SMILES string of the molecule is CCc1ccc(NC(=O)c2ncn(-c3ccc(OC(F)F)cc3)n2)cc1. The molecule has 0 fully saturated rings. The number of alkyl halides is 2. The van der Waals surface area contributed by atoms with Gasteiger partial charge in [0, 0.05) is 5.69 Å². The number of aryl methyl sites for hydroxylation is 1. The van der Waals surface area contributed by atoms with Gasteiger partial charge in [-0.3, -0.25) is 4.79 Å². The molecule has 0 unspecified atom stereocenters. The lowest BCUT2D eigenvalue weighted by Crippen LogP contribution is -2.14. The van der Waals surface area contributed by atoms with Gasteiger partial charge in [-0.1, -0.05) is 19.1 Å². The normalized spacial score (nSPS) is 10.8. The Labute approximate surface area is 148 Å². The quantitative estimate of drug-likeness (QED) is 0.730. The minimum Gasteiger partial charge on any atom is -0.435 e. The number of hydrogen-bond acceptors (Lipinski definition) is 4. The van der Waals surface area contributed by atoms with Crippen LogP contribution in [0.25, 0.3) is 5.69 Å². The van der Waals surface area contributed by atoms with Crippen LogP contribution in [0.5, 0.6) is 5.75 Å². The molecule has 8 heteroatoms. The fraction of sp³-hybridized carbons (Fsp3) is 0.167. The molecule has 1 heterocycles. The second-order valence-corrected chi connectivity index (χ2v) is 5.39. The first-order chi connectivity index (χ1) is 12.5. The minimum absolute atomic E-state index is 0.00234. The summed E-state index contributed by atoms with van der Waals surface area (Å²) in [5.74, 6) is -0.402.